The molecule has 3 N–H and O–H groups in total. The van der Waals surface area contributed by atoms with Crippen molar-refractivity contribution < 1.29 is 0 Å². The average molecular weight is 402 g/mol. The third-order valence-electron chi connectivity index (χ3n) is 4.84. The minimum absolute atomic E-state index is 0.136. The molecule has 2 aromatic rings. The fourth-order valence-electron chi connectivity index (χ4n) is 3.32. The highest BCUT2D eigenvalue weighted by Crippen LogP contribution is 2.29. The standard InChI is InChI=1S/C20H24ClN5S/c1-15(17-5-3-2-4-6-17)25-9-11-26(12-10-25)19-8-7-16(13-18(19)21)14-23-24-20(22)27/h2-8,13-15H,9-12H2,1H3,(H3,22,24,27). The molecular formula is C20H24ClN5S. The highest BCUT2D eigenvalue weighted by Gasteiger charge is 2.23. The van der Waals surface area contributed by atoms with Crippen molar-refractivity contribution in [2.45, 2.75) is 13.0 Å². The third kappa shape index (κ3) is 5.19. The molecule has 1 unspecified atom stereocenters. The molecule has 0 saturated carbocycles. The lowest BCUT2D eigenvalue weighted by Crippen LogP contribution is -2.47. The van der Waals surface area contributed by atoms with Crippen LogP contribution in [0.4, 0.5) is 5.69 Å². The normalized spacial score (nSPS) is 16.4. The molecule has 0 spiro atoms. The Bertz CT molecular complexity index is 803. The van der Waals surface area contributed by atoms with Crippen molar-refractivity contribution in [2.75, 3.05) is 31.1 Å². The minimum atomic E-state index is 0.136. The molecule has 0 amide bonds. The first-order chi connectivity index (χ1) is 13.0. The summed E-state index contributed by atoms with van der Waals surface area (Å²) in [5.74, 6) is 0. The number of rotatable bonds is 5. The van der Waals surface area contributed by atoms with Crippen LogP contribution in [0.2, 0.25) is 5.02 Å². The number of hydrogen-bond acceptors (Lipinski definition) is 4. The molecule has 1 aliphatic heterocycles. The van der Waals surface area contributed by atoms with Gasteiger partial charge in [-0.2, -0.15) is 5.10 Å². The number of nitrogens with zero attached hydrogens (tertiary/aromatic N) is 3. The Hall–Kier alpha value is -2.15. The zero-order valence-electron chi connectivity index (χ0n) is 15.3. The summed E-state index contributed by atoms with van der Waals surface area (Å²) in [6.07, 6.45) is 1.65. The number of piperazine rings is 1. The molecular weight excluding hydrogens is 378 g/mol. The molecule has 1 saturated heterocycles. The summed E-state index contributed by atoms with van der Waals surface area (Å²) < 4.78 is 0. The van der Waals surface area contributed by atoms with Crippen LogP contribution in [0.1, 0.15) is 24.1 Å². The molecule has 1 atom stereocenters. The van der Waals surface area contributed by atoms with E-state index in [0.29, 0.717) is 6.04 Å². The SMILES string of the molecule is CC(c1ccccc1)N1CCN(c2ccc(C=NNC(N)=S)cc2Cl)CC1. The molecule has 0 bridgehead atoms. The van der Waals surface area contributed by atoms with Crippen LogP contribution < -0.4 is 16.1 Å². The Kier molecular flexibility index (Phi) is 6.66. The smallest absolute Gasteiger partial charge is 0.184 e. The summed E-state index contributed by atoms with van der Waals surface area (Å²) in [7, 11) is 0. The van der Waals surface area contributed by atoms with E-state index in [0.717, 1.165) is 42.5 Å². The Labute approximate surface area is 170 Å². The number of thiocarbonyl (C=S) groups is 1. The van der Waals surface area contributed by atoms with Crippen LogP contribution in [0.5, 0.6) is 0 Å². The zero-order valence-corrected chi connectivity index (χ0v) is 16.9. The van der Waals surface area contributed by atoms with E-state index in [-0.39, 0.29) is 5.11 Å². The van der Waals surface area contributed by atoms with Gasteiger partial charge in [-0.3, -0.25) is 10.3 Å². The lowest BCUT2D eigenvalue weighted by atomic mass is 10.1. The van der Waals surface area contributed by atoms with Gasteiger partial charge in [-0.25, -0.2) is 0 Å². The second-order valence-electron chi connectivity index (χ2n) is 6.55. The van der Waals surface area contributed by atoms with Crippen molar-refractivity contribution in [1.82, 2.24) is 10.3 Å². The van der Waals surface area contributed by atoms with E-state index in [9.17, 15) is 0 Å². The van der Waals surface area contributed by atoms with Gasteiger partial charge < -0.3 is 10.6 Å². The topological polar surface area (TPSA) is 56.9 Å². The second kappa shape index (κ2) is 9.17. The summed E-state index contributed by atoms with van der Waals surface area (Å²) in [5, 5.41) is 4.82. The van der Waals surface area contributed by atoms with E-state index in [1.54, 1.807) is 6.21 Å². The molecule has 3 rings (SSSR count). The molecule has 2 aromatic carbocycles. The Morgan fingerprint density at radius 2 is 1.89 bits per heavy atom. The van der Waals surface area contributed by atoms with Gasteiger partial charge in [-0.05, 0) is 42.4 Å². The van der Waals surface area contributed by atoms with Crippen LogP contribution in [0.25, 0.3) is 0 Å². The second-order valence-corrected chi connectivity index (χ2v) is 7.40. The molecule has 5 nitrogen and oxygen atoms in total. The lowest BCUT2D eigenvalue weighted by Gasteiger charge is -2.39. The van der Waals surface area contributed by atoms with Crippen LogP contribution in [0, 0.1) is 0 Å². The molecule has 0 aliphatic carbocycles. The van der Waals surface area contributed by atoms with Crippen LogP contribution in [-0.4, -0.2) is 42.4 Å². The summed E-state index contributed by atoms with van der Waals surface area (Å²) >= 11 is 11.2. The van der Waals surface area contributed by atoms with Crippen molar-refractivity contribution in [3.05, 3.63) is 64.7 Å². The van der Waals surface area contributed by atoms with Gasteiger partial charge in [0.25, 0.3) is 0 Å². The maximum absolute atomic E-state index is 6.51. The average Bonchev–Trinajstić information content (AvgIpc) is 2.68. The lowest BCUT2D eigenvalue weighted by molar-refractivity contribution is 0.198. The van der Waals surface area contributed by atoms with Gasteiger partial charge in [0, 0.05) is 32.2 Å². The molecule has 0 radical (unpaired) electrons. The molecule has 1 aliphatic rings. The fourth-order valence-corrected chi connectivity index (χ4v) is 3.68. The summed E-state index contributed by atoms with van der Waals surface area (Å²) in [6.45, 7) is 6.19. The number of benzene rings is 2. The van der Waals surface area contributed by atoms with E-state index in [1.165, 1.54) is 5.56 Å². The molecule has 27 heavy (non-hydrogen) atoms. The Morgan fingerprint density at radius 3 is 2.52 bits per heavy atom. The maximum atomic E-state index is 6.51. The molecule has 1 fully saturated rings. The Morgan fingerprint density at radius 1 is 1.19 bits per heavy atom. The van der Waals surface area contributed by atoms with Gasteiger partial charge in [0.1, 0.15) is 0 Å². The van der Waals surface area contributed by atoms with Crippen molar-refractivity contribution in [1.29, 1.82) is 0 Å². The van der Waals surface area contributed by atoms with Crippen molar-refractivity contribution >= 4 is 40.8 Å². The van der Waals surface area contributed by atoms with Crippen LogP contribution in [-0.2, 0) is 0 Å². The minimum Gasteiger partial charge on any atom is -0.375 e. The van der Waals surface area contributed by atoms with Crippen molar-refractivity contribution in [3.8, 4) is 0 Å². The first kappa shape index (κ1) is 19.6. The number of nitrogens with two attached hydrogens (primary N) is 1. The van der Waals surface area contributed by atoms with Crippen LogP contribution in [0.15, 0.2) is 53.6 Å². The summed E-state index contributed by atoms with van der Waals surface area (Å²) in [5.41, 5.74) is 11.2. The molecule has 1 heterocycles. The third-order valence-corrected chi connectivity index (χ3v) is 5.24. The number of nitrogens with one attached hydrogen (secondary N) is 1. The first-order valence-corrected chi connectivity index (χ1v) is 9.75. The first-order valence-electron chi connectivity index (χ1n) is 8.96. The van der Waals surface area contributed by atoms with Gasteiger partial charge in [0.05, 0.1) is 16.9 Å². The molecule has 7 heteroatoms. The van der Waals surface area contributed by atoms with E-state index in [4.69, 9.17) is 29.6 Å². The maximum Gasteiger partial charge on any atom is 0.184 e. The molecule has 0 aromatic heterocycles. The van der Waals surface area contributed by atoms with E-state index in [1.807, 2.05) is 18.2 Å². The van der Waals surface area contributed by atoms with Crippen molar-refractivity contribution in [2.24, 2.45) is 10.8 Å². The predicted octanol–water partition coefficient (Wildman–Crippen LogP) is 3.39. The number of hydrazone groups is 1. The van der Waals surface area contributed by atoms with Crippen LogP contribution >= 0.6 is 23.8 Å². The number of anilines is 1. The van der Waals surface area contributed by atoms with Gasteiger partial charge in [0.2, 0.25) is 0 Å². The quantitative estimate of drug-likeness (QED) is 0.457. The highest BCUT2D eigenvalue weighted by atomic mass is 35.5. The van der Waals surface area contributed by atoms with E-state index in [2.05, 4.69) is 57.6 Å². The number of halogens is 1. The number of hydrogen-bond donors (Lipinski definition) is 2. The van der Waals surface area contributed by atoms with Gasteiger partial charge in [-0.1, -0.05) is 48.0 Å². The fraction of sp³-hybridized carbons (Fsp3) is 0.300. The van der Waals surface area contributed by atoms with Gasteiger partial charge in [0.15, 0.2) is 5.11 Å². The molecule has 142 valence electrons. The summed E-state index contributed by atoms with van der Waals surface area (Å²) in [6, 6.07) is 17.0. The van der Waals surface area contributed by atoms with Gasteiger partial charge in [-0.15, -0.1) is 0 Å². The summed E-state index contributed by atoms with van der Waals surface area (Å²) in [4.78, 5) is 4.85. The van der Waals surface area contributed by atoms with Crippen molar-refractivity contribution in [3.63, 3.8) is 0 Å². The van der Waals surface area contributed by atoms with E-state index >= 15 is 0 Å². The Balaban J connectivity index is 1.61. The van der Waals surface area contributed by atoms with Gasteiger partial charge >= 0.3 is 0 Å². The highest BCUT2D eigenvalue weighted by molar-refractivity contribution is 7.80. The monoisotopic (exact) mass is 401 g/mol. The largest absolute Gasteiger partial charge is 0.375 e. The van der Waals surface area contributed by atoms with Crippen LogP contribution in [0.3, 0.4) is 0 Å². The predicted molar refractivity (Wildman–Crippen MR) is 118 cm³/mol. The van der Waals surface area contributed by atoms with E-state index < -0.39 is 0 Å². The zero-order chi connectivity index (χ0) is 19.2.